The largest absolute Gasteiger partial charge is 0.461 e. The van der Waals surface area contributed by atoms with E-state index in [-0.39, 0.29) is 24.3 Å². The molecule has 0 saturated heterocycles. The van der Waals surface area contributed by atoms with Crippen molar-refractivity contribution in [2.45, 2.75) is 52.6 Å². The van der Waals surface area contributed by atoms with Gasteiger partial charge in [-0.05, 0) is 57.5 Å². The first-order valence-corrected chi connectivity index (χ1v) is 10.4. The van der Waals surface area contributed by atoms with Gasteiger partial charge >= 0.3 is 5.97 Å². The molecule has 1 unspecified atom stereocenters. The van der Waals surface area contributed by atoms with Crippen LogP contribution in [0, 0.1) is 13.8 Å². The molecule has 2 aromatic heterocycles. The van der Waals surface area contributed by atoms with Crippen LogP contribution in [0.25, 0.3) is 0 Å². The van der Waals surface area contributed by atoms with Gasteiger partial charge in [0.25, 0.3) is 5.91 Å². The maximum Gasteiger partial charge on any atom is 0.355 e. The Labute approximate surface area is 169 Å². The quantitative estimate of drug-likeness (QED) is 0.522. The molecule has 1 aliphatic carbocycles. The first-order valence-electron chi connectivity index (χ1n) is 9.52. The van der Waals surface area contributed by atoms with Gasteiger partial charge in [0, 0.05) is 24.3 Å². The Bertz CT molecular complexity index is 909. The lowest BCUT2D eigenvalue weighted by molar-refractivity contribution is 0.0513. The fraction of sp³-hybridized carbons (Fsp3) is 0.476. The number of ether oxygens (including phenoxy) is 1. The predicted octanol–water partition coefficient (Wildman–Crippen LogP) is 3.76. The molecule has 0 bridgehead atoms. The van der Waals surface area contributed by atoms with Crippen molar-refractivity contribution >= 4 is 29.0 Å². The van der Waals surface area contributed by atoms with Crippen LogP contribution < -0.4 is 0 Å². The molecule has 0 spiro atoms. The van der Waals surface area contributed by atoms with Crippen LogP contribution in [-0.2, 0) is 11.8 Å². The van der Waals surface area contributed by atoms with Crippen molar-refractivity contribution in [2.75, 3.05) is 6.61 Å². The third kappa shape index (κ3) is 3.51. The highest BCUT2D eigenvalue weighted by Gasteiger charge is 2.40. The van der Waals surface area contributed by atoms with Gasteiger partial charge in [-0.25, -0.2) is 4.79 Å². The Morgan fingerprint density at radius 3 is 2.54 bits per heavy atom. The summed E-state index contributed by atoms with van der Waals surface area (Å²) in [4.78, 5) is 41.1. The zero-order valence-corrected chi connectivity index (χ0v) is 17.8. The van der Waals surface area contributed by atoms with E-state index in [0.717, 1.165) is 12.8 Å². The van der Waals surface area contributed by atoms with Crippen molar-refractivity contribution in [2.24, 2.45) is 7.05 Å². The molecule has 2 heterocycles. The van der Waals surface area contributed by atoms with E-state index >= 15 is 0 Å². The molecule has 1 amide bonds. The number of Topliss-reactive ketones (excluding diaryl/α,β-unsaturated/α-hetero) is 1. The third-order valence-electron chi connectivity index (χ3n) is 5.35. The van der Waals surface area contributed by atoms with E-state index in [9.17, 15) is 14.4 Å². The molecule has 6 nitrogen and oxygen atoms in total. The van der Waals surface area contributed by atoms with E-state index in [1.165, 1.54) is 11.3 Å². The molecule has 0 aromatic carbocycles. The van der Waals surface area contributed by atoms with Crippen LogP contribution in [0.2, 0.25) is 0 Å². The highest BCUT2D eigenvalue weighted by Crippen LogP contribution is 2.33. The third-order valence-corrected chi connectivity index (χ3v) is 6.21. The number of thiophene rings is 1. The number of carbonyl (C=O) groups is 3. The Kier molecular flexibility index (Phi) is 5.74. The van der Waals surface area contributed by atoms with Gasteiger partial charge in [-0.2, -0.15) is 0 Å². The number of carbonyl (C=O) groups excluding carboxylic acids is 3. The number of amides is 1. The topological polar surface area (TPSA) is 68.6 Å². The summed E-state index contributed by atoms with van der Waals surface area (Å²) >= 11 is 1.38. The maximum atomic E-state index is 13.4. The molecule has 0 N–H and O–H groups in total. The van der Waals surface area contributed by atoms with Gasteiger partial charge in [0.2, 0.25) is 0 Å². The Morgan fingerprint density at radius 1 is 1.32 bits per heavy atom. The number of aromatic nitrogens is 1. The van der Waals surface area contributed by atoms with Gasteiger partial charge < -0.3 is 14.2 Å². The van der Waals surface area contributed by atoms with Crippen LogP contribution in [0.5, 0.6) is 0 Å². The van der Waals surface area contributed by atoms with Crippen molar-refractivity contribution in [3.63, 3.8) is 0 Å². The summed E-state index contributed by atoms with van der Waals surface area (Å²) in [7, 11) is 1.76. The fourth-order valence-electron chi connectivity index (χ4n) is 3.70. The van der Waals surface area contributed by atoms with Crippen molar-refractivity contribution in [3.05, 3.63) is 44.9 Å². The lowest BCUT2D eigenvalue weighted by Gasteiger charge is -2.28. The van der Waals surface area contributed by atoms with Crippen molar-refractivity contribution in [1.82, 2.24) is 9.47 Å². The minimum absolute atomic E-state index is 0.0994. The zero-order chi connectivity index (χ0) is 20.6. The van der Waals surface area contributed by atoms with Gasteiger partial charge in [-0.1, -0.05) is 6.07 Å². The Morgan fingerprint density at radius 2 is 2.00 bits per heavy atom. The SMILES string of the molecule is CCOC(=O)c1c(C)c(C(=O)C(C)N(C(=O)c2cccs2)C2CC2)c(C)n1C. The predicted molar refractivity (Wildman–Crippen MR) is 108 cm³/mol. The van der Waals surface area contributed by atoms with Gasteiger partial charge in [-0.3, -0.25) is 9.59 Å². The number of hydrogen-bond donors (Lipinski definition) is 0. The van der Waals surface area contributed by atoms with Crippen LogP contribution in [0.15, 0.2) is 17.5 Å². The van der Waals surface area contributed by atoms with Crippen LogP contribution in [0.3, 0.4) is 0 Å². The monoisotopic (exact) mass is 402 g/mol. The summed E-state index contributed by atoms with van der Waals surface area (Å²) in [5, 5.41) is 1.86. The molecule has 2 aromatic rings. The first kappa shape index (κ1) is 20.3. The van der Waals surface area contributed by atoms with Crippen LogP contribution >= 0.6 is 11.3 Å². The lowest BCUT2D eigenvalue weighted by Crippen LogP contribution is -2.44. The van der Waals surface area contributed by atoms with E-state index < -0.39 is 12.0 Å². The summed E-state index contributed by atoms with van der Waals surface area (Å²) < 4.78 is 6.85. The molecular formula is C21H26N2O4S. The molecule has 1 aliphatic rings. The number of ketones is 1. The van der Waals surface area contributed by atoms with Gasteiger partial charge in [0.05, 0.1) is 17.5 Å². The number of esters is 1. The van der Waals surface area contributed by atoms with Gasteiger partial charge in [0.1, 0.15) is 5.69 Å². The Balaban J connectivity index is 1.95. The summed E-state index contributed by atoms with van der Waals surface area (Å²) in [5.41, 5.74) is 2.20. The molecule has 0 aliphatic heterocycles. The molecule has 1 fully saturated rings. The highest BCUT2D eigenvalue weighted by atomic mass is 32.1. The minimum Gasteiger partial charge on any atom is -0.461 e. The zero-order valence-electron chi connectivity index (χ0n) is 16.9. The minimum atomic E-state index is -0.600. The second-order valence-electron chi connectivity index (χ2n) is 7.17. The van der Waals surface area contributed by atoms with Crippen molar-refractivity contribution in [1.29, 1.82) is 0 Å². The second kappa shape index (κ2) is 7.91. The van der Waals surface area contributed by atoms with E-state index in [1.807, 2.05) is 18.4 Å². The molecule has 28 heavy (non-hydrogen) atoms. The van der Waals surface area contributed by atoms with Crippen LogP contribution in [0.4, 0.5) is 0 Å². The van der Waals surface area contributed by atoms with Gasteiger partial charge in [-0.15, -0.1) is 11.3 Å². The van der Waals surface area contributed by atoms with Gasteiger partial charge in [0.15, 0.2) is 5.78 Å². The molecular weight excluding hydrogens is 376 g/mol. The number of rotatable bonds is 7. The van der Waals surface area contributed by atoms with Crippen molar-refractivity contribution in [3.8, 4) is 0 Å². The standard InChI is InChI=1S/C21H26N2O4S/c1-6-27-21(26)18-12(2)17(13(3)22(18)5)19(24)14(4)23(15-9-10-15)20(25)16-8-7-11-28-16/h7-8,11,14-15H,6,9-10H2,1-5H3. The average Bonchev–Trinajstić information content (AvgIpc) is 3.26. The van der Waals surface area contributed by atoms with E-state index in [0.29, 0.717) is 27.4 Å². The van der Waals surface area contributed by atoms with E-state index in [4.69, 9.17) is 4.74 Å². The summed E-state index contributed by atoms with van der Waals surface area (Å²) in [6.45, 7) is 7.38. The smallest absolute Gasteiger partial charge is 0.355 e. The average molecular weight is 403 g/mol. The summed E-state index contributed by atoms with van der Waals surface area (Å²) in [5.74, 6) is -0.681. The number of hydrogen-bond acceptors (Lipinski definition) is 5. The normalized spacial score (nSPS) is 14.6. The number of nitrogens with zero attached hydrogens (tertiary/aromatic N) is 2. The highest BCUT2D eigenvalue weighted by molar-refractivity contribution is 7.12. The fourth-order valence-corrected chi connectivity index (χ4v) is 4.37. The van der Waals surface area contributed by atoms with Crippen LogP contribution in [-0.4, -0.2) is 45.8 Å². The molecule has 0 radical (unpaired) electrons. The molecule has 1 atom stereocenters. The van der Waals surface area contributed by atoms with E-state index in [2.05, 4.69) is 0 Å². The molecule has 3 rings (SSSR count). The van der Waals surface area contributed by atoms with Crippen LogP contribution in [0.1, 0.15) is 68.5 Å². The maximum absolute atomic E-state index is 13.4. The molecule has 150 valence electrons. The summed E-state index contributed by atoms with van der Waals surface area (Å²) in [6, 6.07) is 3.13. The lowest BCUT2D eigenvalue weighted by atomic mass is 9.99. The van der Waals surface area contributed by atoms with E-state index in [1.54, 1.807) is 43.4 Å². The molecule has 1 saturated carbocycles. The first-order chi connectivity index (χ1) is 13.3. The molecule has 7 heteroatoms. The second-order valence-corrected chi connectivity index (χ2v) is 8.12. The Hall–Kier alpha value is -2.41. The summed E-state index contributed by atoms with van der Waals surface area (Å²) in [6.07, 6.45) is 1.82. The van der Waals surface area contributed by atoms with Crippen molar-refractivity contribution < 1.29 is 19.1 Å².